The predicted molar refractivity (Wildman–Crippen MR) is 128 cm³/mol. The van der Waals surface area contributed by atoms with Gasteiger partial charge in [0, 0.05) is 23.6 Å². The summed E-state index contributed by atoms with van der Waals surface area (Å²) >= 11 is 2.36. The molecule has 1 saturated heterocycles. The van der Waals surface area contributed by atoms with Crippen LogP contribution in [0.15, 0.2) is 40.7 Å². The number of carbonyl (C=O) groups is 4. The van der Waals surface area contributed by atoms with Crippen molar-refractivity contribution < 1.29 is 34.3 Å². The number of β-lactam (4-membered cyclic amide) rings is 1. The van der Waals surface area contributed by atoms with E-state index in [4.69, 9.17) is 10.8 Å². The van der Waals surface area contributed by atoms with Gasteiger partial charge in [-0.25, -0.2) is 9.78 Å². The van der Waals surface area contributed by atoms with E-state index in [0.29, 0.717) is 11.1 Å². The lowest BCUT2D eigenvalue weighted by molar-refractivity contribution is -0.384. The van der Waals surface area contributed by atoms with Gasteiger partial charge < -0.3 is 21.3 Å². The SMILES string of the molecule is NC(C(=O)NC1C(=O)N2C(C(=O)O)=C(CSc3n[nH]c(CC(=O)O)n3)CS[C@@H]12)c1ccc([N+](=O)[O-])cc1. The molecule has 37 heavy (non-hydrogen) atoms. The van der Waals surface area contributed by atoms with Gasteiger partial charge in [-0.05, 0) is 11.1 Å². The summed E-state index contributed by atoms with van der Waals surface area (Å²) in [7, 11) is 0. The zero-order chi connectivity index (χ0) is 26.9. The highest BCUT2D eigenvalue weighted by Gasteiger charge is 2.54. The first kappa shape index (κ1) is 26.1. The molecule has 0 saturated carbocycles. The first-order valence-electron chi connectivity index (χ1n) is 10.5. The fraction of sp³-hybridized carbons (Fsp3) is 0.300. The summed E-state index contributed by atoms with van der Waals surface area (Å²) in [5.74, 6) is -3.11. The third kappa shape index (κ3) is 5.42. The Morgan fingerprint density at radius 2 is 2.03 bits per heavy atom. The average Bonchev–Trinajstić information content (AvgIpc) is 3.31. The van der Waals surface area contributed by atoms with Crippen molar-refractivity contribution in [3.63, 3.8) is 0 Å². The van der Waals surface area contributed by atoms with Crippen LogP contribution in [0.5, 0.6) is 0 Å². The molecule has 4 rings (SSSR count). The zero-order valence-electron chi connectivity index (χ0n) is 18.7. The number of amides is 2. The second kappa shape index (κ2) is 10.6. The average molecular weight is 550 g/mol. The molecule has 0 bridgehead atoms. The number of aromatic nitrogens is 3. The van der Waals surface area contributed by atoms with Crippen LogP contribution in [0.25, 0.3) is 0 Å². The Morgan fingerprint density at radius 1 is 1.32 bits per heavy atom. The van der Waals surface area contributed by atoms with E-state index in [1.165, 1.54) is 36.0 Å². The zero-order valence-corrected chi connectivity index (χ0v) is 20.3. The fourth-order valence-electron chi connectivity index (χ4n) is 3.71. The highest BCUT2D eigenvalue weighted by atomic mass is 32.2. The second-order valence-corrected chi connectivity index (χ2v) is 9.95. The summed E-state index contributed by atoms with van der Waals surface area (Å²) in [6, 6.07) is 2.94. The molecule has 3 heterocycles. The van der Waals surface area contributed by atoms with Gasteiger partial charge in [0.2, 0.25) is 11.1 Å². The van der Waals surface area contributed by atoms with Crippen molar-refractivity contribution >= 4 is 53.0 Å². The summed E-state index contributed by atoms with van der Waals surface area (Å²) in [6.07, 6.45) is -0.336. The molecular formula is C20H19N7O8S2. The molecule has 0 aliphatic carbocycles. The number of nitrogens with one attached hydrogen (secondary N) is 2. The summed E-state index contributed by atoms with van der Waals surface area (Å²) in [5, 5.41) is 37.9. The number of carboxylic acids is 2. The Balaban J connectivity index is 1.41. The summed E-state index contributed by atoms with van der Waals surface area (Å²) in [4.78, 5) is 63.7. The van der Waals surface area contributed by atoms with Gasteiger partial charge >= 0.3 is 11.9 Å². The second-order valence-electron chi connectivity index (χ2n) is 7.90. The van der Waals surface area contributed by atoms with Gasteiger partial charge in [0.05, 0.1) is 4.92 Å². The van der Waals surface area contributed by atoms with Gasteiger partial charge in [-0.3, -0.25) is 34.5 Å². The lowest BCUT2D eigenvalue weighted by Gasteiger charge is -2.49. The predicted octanol–water partition coefficient (Wildman–Crippen LogP) is -0.129. The third-order valence-electron chi connectivity index (χ3n) is 5.50. The first-order chi connectivity index (χ1) is 17.6. The van der Waals surface area contributed by atoms with E-state index in [2.05, 4.69) is 20.5 Å². The standard InChI is InChI=1S/C20H19N7O8S2/c21-13(8-1-3-10(4-2-8)27(34)35)16(30)23-14-17(31)26-15(19(32)33)9(6-36-18(14)26)7-37-20-22-11(24-25-20)5-12(28)29/h1-4,13-14,18H,5-7,21H2,(H,23,30)(H,28,29)(H,32,33)(H,22,24,25)/t13?,14?,18-/m0/s1. The van der Waals surface area contributed by atoms with Crippen LogP contribution in [0.3, 0.4) is 0 Å². The minimum atomic E-state index is -1.30. The minimum absolute atomic E-state index is 0.150. The lowest BCUT2D eigenvalue weighted by atomic mass is 10.0. The molecule has 0 spiro atoms. The van der Waals surface area contributed by atoms with Crippen molar-refractivity contribution in [1.82, 2.24) is 25.4 Å². The van der Waals surface area contributed by atoms with Crippen molar-refractivity contribution in [2.45, 2.75) is 29.0 Å². The van der Waals surface area contributed by atoms with Crippen molar-refractivity contribution in [2.24, 2.45) is 5.73 Å². The molecule has 2 unspecified atom stereocenters. The van der Waals surface area contributed by atoms with Crippen LogP contribution in [0.4, 0.5) is 5.69 Å². The number of carbonyl (C=O) groups excluding carboxylic acids is 2. The molecule has 15 nitrogen and oxygen atoms in total. The van der Waals surface area contributed by atoms with Crippen molar-refractivity contribution in [1.29, 1.82) is 0 Å². The van der Waals surface area contributed by atoms with Gasteiger partial charge in [-0.1, -0.05) is 23.9 Å². The number of carboxylic acid groups (broad SMARTS) is 2. The maximum absolute atomic E-state index is 12.8. The van der Waals surface area contributed by atoms with Crippen LogP contribution in [-0.4, -0.2) is 81.9 Å². The number of hydrogen-bond donors (Lipinski definition) is 5. The number of H-pyrrole nitrogens is 1. The Kier molecular flexibility index (Phi) is 7.46. The number of nitro groups is 1. The Labute approximate surface area is 216 Å². The summed E-state index contributed by atoms with van der Waals surface area (Å²) < 4.78 is 0. The fourth-order valence-corrected chi connectivity index (χ4v) is 6.01. The number of aromatic amines is 1. The molecule has 6 N–H and O–H groups in total. The number of nitrogens with two attached hydrogens (primary N) is 1. The number of non-ortho nitro benzene ring substituents is 1. The molecule has 17 heteroatoms. The van der Waals surface area contributed by atoms with E-state index in [1.807, 2.05) is 0 Å². The summed E-state index contributed by atoms with van der Waals surface area (Å²) in [5.41, 5.74) is 6.37. The number of thioether (sulfide) groups is 2. The molecule has 1 fully saturated rings. The van der Waals surface area contributed by atoms with Gasteiger partial charge in [-0.15, -0.1) is 16.9 Å². The molecule has 2 aliphatic rings. The Morgan fingerprint density at radius 3 is 2.65 bits per heavy atom. The van der Waals surface area contributed by atoms with Crippen LogP contribution < -0.4 is 11.1 Å². The molecule has 2 amide bonds. The van der Waals surface area contributed by atoms with Crippen LogP contribution in [0, 0.1) is 10.1 Å². The highest BCUT2D eigenvalue weighted by molar-refractivity contribution is 8.01. The molecule has 1 aromatic carbocycles. The van der Waals surface area contributed by atoms with Crippen molar-refractivity contribution in [3.8, 4) is 0 Å². The molecule has 1 aromatic heterocycles. The molecule has 194 valence electrons. The Bertz CT molecular complexity index is 1310. The molecule has 3 atom stereocenters. The molecular weight excluding hydrogens is 530 g/mol. The molecule has 2 aliphatic heterocycles. The van der Waals surface area contributed by atoms with E-state index in [9.17, 15) is 34.4 Å². The number of benzene rings is 1. The number of aliphatic carboxylic acids is 2. The summed E-state index contributed by atoms with van der Waals surface area (Å²) in [6.45, 7) is 0. The van der Waals surface area contributed by atoms with Crippen LogP contribution in [0.2, 0.25) is 0 Å². The number of nitrogens with zero attached hydrogens (tertiary/aromatic N) is 4. The first-order valence-corrected chi connectivity index (χ1v) is 12.6. The largest absolute Gasteiger partial charge is 0.481 e. The number of rotatable bonds is 10. The van der Waals surface area contributed by atoms with Crippen molar-refractivity contribution in [2.75, 3.05) is 11.5 Å². The monoisotopic (exact) mass is 549 g/mol. The minimum Gasteiger partial charge on any atom is -0.481 e. The van der Waals surface area contributed by atoms with Gasteiger partial charge in [0.1, 0.15) is 35.4 Å². The van der Waals surface area contributed by atoms with Gasteiger partial charge in [-0.2, -0.15) is 0 Å². The van der Waals surface area contributed by atoms with E-state index < -0.39 is 46.1 Å². The highest BCUT2D eigenvalue weighted by Crippen LogP contribution is 2.41. The van der Waals surface area contributed by atoms with E-state index >= 15 is 0 Å². The topological polar surface area (TPSA) is 235 Å². The Hall–Kier alpha value is -3.96. The van der Waals surface area contributed by atoms with Crippen LogP contribution in [-0.2, 0) is 25.6 Å². The van der Waals surface area contributed by atoms with Crippen LogP contribution in [0.1, 0.15) is 17.4 Å². The van der Waals surface area contributed by atoms with Gasteiger partial charge in [0.15, 0.2) is 0 Å². The maximum atomic E-state index is 12.8. The van der Waals surface area contributed by atoms with Gasteiger partial charge in [0.25, 0.3) is 11.6 Å². The number of nitro benzene ring substituents is 1. The van der Waals surface area contributed by atoms with Crippen molar-refractivity contribution in [3.05, 3.63) is 57.0 Å². The molecule has 0 radical (unpaired) electrons. The third-order valence-corrected chi connectivity index (χ3v) is 7.77. The lowest BCUT2D eigenvalue weighted by Crippen LogP contribution is -2.71. The molecule has 2 aromatic rings. The van der Waals surface area contributed by atoms with E-state index in [1.54, 1.807) is 0 Å². The number of hydrogen-bond acceptors (Lipinski definition) is 11. The van der Waals surface area contributed by atoms with Crippen LogP contribution >= 0.6 is 23.5 Å². The smallest absolute Gasteiger partial charge is 0.352 e. The number of fused-ring (bicyclic) bond motifs is 1. The maximum Gasteiger partial charge on any atom is 0.352 e. The quantitative estimate of drug-likeness (QED) is 0.113. The van der Waals surface area contributed by atoms with E-state index in [0.717, 1.165) is 16.7 Å². The van der Waals surface area contributed by atoms with E-state index in [-0.39, 0.29) is 40.3 Å². The normalized spacial score (nSPS) is 19.6.